The van der Waals surface area contributed by atoms with E-state index >= 15 is 0 Å². The minimum atomic E-state index is -4.08. The number of hydrogen-bond acceptors (Lipinski definition) is 4. The highest BCUT2D eigenvalue weighted by Crippen LogP contribution is 2.26. The van der Waals surface area contributed by atoms with Crippen LogP contribution in [0, 0.1) is 26.7 Å². The fraction of sp³-hybridized carbons (Fsp3) is 0.355. The number of nitrogens with zero attached hydrogens (tertiary/aromatic N) is 2. The molecule has 0 aliphatic rings. The summed E-state index contributed by atoms with van der Waals surface area (Å²) in [6, 6.07) is 20.4. The van der Waals surface area contributed by atoms with Gasteiger partial charge in [0.2, 0.25) is 11.8 Å². The maximum absolute atomic E-state index is 14.0. The van der Waals surface area contributed by atoms with E-state index in [1.807, 2.05) is 65.0 Å². The Morgan fingerprint density at radius 3 is 1.97 bits per heavy atom. The fourth-order valence-corrected chi connectivity index (χ4v) is 5.69. The maximum atomic E-state index is 14.0. The zero-order valence-electron chi connectivity index (χ0n) is 23.6. The third kappa shape index (κ3) is 7.93. The zero-order chi connectivity index (χ0) is 28.7. The molecule has 1 unspecified atom stereocenters. The minimum absolute atomic E-state index is 0.0877. The molecule has 0 saturated carbocycles. The molecule has 3 aromatic carbocycles. The molecule has 0 saturated heterocycles. The van der Waals surface area contributed by atoms with Crippen LogP contribution in [-0.2, 0) is 26.2 Å². The Bertz CT molecular complexity index is 1370. The van der Waals surface area contributed by atoms with Crippen molar-refractivity contribution >= 4 is 27.5 Å². The second-order valence-corrected chi connectivity index (χ2v) is 12.4. The normalized spacial score (nSPS) is 12.2. The van der Waals surface area contributed by atoms with Crippen LogP contribution in [0.4, 0.5) is 5.69 Å². The first-order valence-electron chi connectivity index (χ1n) is 13.2. The van der Waals surface area contributed by atoms with Gasteiger partial charge in [-0.25, -0.2) is 8.42 Å². The number of rotatable bonds is 11. The molecule has 0 bridgehead atoms. The second kappa shape index (κ2) is 12.9. The van der Waals surface area contributed by atoms with Gasteiger partial charge in [-0.15, -0.1) is 0 Å². The Hall–Kier alpha value is -3.65. The van der Waals surface area contributed by atoms with E-state index in [-0.39, 0.29) is 23.3 Å². The summed E-state index contributed by atoms with van der Waals surface area (Å²) in [5, 5.41) is 2.90. The summed E-state index contributed by atoms with van der Waals surface area (Å²) < 4.78 is 28.9. The Balaban J connectivity index is 2.03. The lowest BCUT2D eigenvalue weighted by Crippen LogP contribution is -2.51. The molecule has 0 spiro atoms. The van der Waals surface area contributed by atoms with E-state index in [0.29, 0.717) is 12.2 Å². The summed E-state index contributed by atoms with van der Waals surface area (Å²) in [5.74, 6) is -0.507. The largest absolute Gasteiger partial charge is 0.354 e. The van der Waals surface area contributed by atoms with Gasteiger partial charge in [-0.3, -0.25) is 13.9 Å². The van der Waals surface area contributed by atoms with Crippen LogP contribution in [0.3, 0.4) is 0 Å². The molecule has 1 N–H and O–H groups in total. The van der Waals surface area contributed by atoms with Crippen LogP contribution >= 0.6 is 0 Å². The average molecular weight is 550 g/mol. The van der Waals surface area contributed by atoms with Crippen molar-refractivity contribution in [3.8, 4) is 0 Å². The third-order valence-electron chi connectivity index (χ3n) is 6.43. The predicted molar refractivity (Wildman–Crippen MR) is 156 cm³/mol. The monoisotopic (exact) mass is 549 g/mol. The van der Waals surface area contributed by atoms with Gasteiger partial charge in [0.25, 0.3) is 10.0 Å². The van der Waals surface area contributed by atoms with E-state index in [1.54, 1.807) is 37.3 Å². The Morgan fingerprint density at radius 1 is 0.821 bits per heavy atom. The van der Waals surface area contributed by atoms with Crippen molar-refractivity contribution in [2.24, 2.45) is 5.92 Å². The molecule has 0 heterocycles. The summed E-state index contributed by atoms with van der Waals surface area (Å²) in [7, 11) is -4.08. The second-order valence-electron chi connectivity index (χ2n) is 10.5. The number of amides is 2. The summed E-state index contributed by atoms with van der Waals surface area (Å²) in [6.45, 7) is 11.6. The van der Waals surface area contributed by atoms with Crippen LogP contribution in [0.15, 0.2) is 77.7 Å². The molecule has 7 nitrogen and oxygen atoms in total. The highest BCUT2D eigenvalue weighted by atomic mass is 32.2. The minimum Gasteiger partial charge on any atom is -0.354 e. The van der Waals surface area contributed by atoms with Crippen molar-refractivity contribution in [2.45, 2.75) is 59.0 Å². The molecule has 208 valence electrons. The molecular formula is C31H39N3O4S. The molecule has 2 amide bonds. The molecule has 0 aromatic heterocycles. The lowest BCUT2D eigenvalue weighted by atomic mass is 10.1. The molecular weight excluding hydrogens is 510 g/mol. The van der Waals surface area contributed by atoms with Gasteiger partial charge in [0.15, 0.2) is 0 Å². The summed E-state index contributed by atoms with van der Waals surface area (Å²) in [5.41, 5.74) is 4.08. The van der Waals surface area contributed by atoms with Gasteiger partial charge in [-0.1, -0.05) is 67.9 Å². The van der Waals surface area contributed by atoms with Gasteiger partial charge in [0.1, 0.15) is 12.6 Å². The SMILES string of the molecule is Cc1ccc(CN(C(=O)CN(c2cc(C)cc(C)c2)S(=O)(=O)c2ccccc2)C(C)C(=O)NCC(C)C)cc1. The third-order valence-corrected chi connectivity index (χ3v) is 8.22. The summed E-state index contributed by atoms with van der Waals surface area (Å²) >= 11 is 0. The van der Waals surface area contributed by atoms with Crippen molar-refractivity contribution < 1.29 is 18.0 Å². The maximum Gasteiger partial charge on any atom is 0.264 e. The lowest BCUT2D eigenvalue weighted by Gasteiger charge is -2.32. The van der Waals surface area contributed by atoms with Gasteiger partial charge in [-0.05, 0) is 74.6 Å². The van der Waals surface area contributed by atoms with Gasteiger partial charge < -0.3 is 10.2 Å². The van der Waals surface area contributed by atoms with E-state index in [2.05, 4.69) is 5.32 Å². The predicted octanol–water partition coefficient (Wildman–Crippen LogP) is 5.00. The Labute approximate surface area is 232 Å². The van der Waals surface area contributed by atoms with Gasteiger partial charge >= 0.3 is 0 Å². The number of hydrogen-bond donors (Lipinski definition) is 1. The molecule has 1 atom stereocenters. The number of aryl methyl sites for hydroxylation is 3. The first kappa shape index (κ1) is 29.9. The van der Waals surface area contributed by atoms with Gasteiger partial charge in [-0.2, -0.15) is 0 Å². The van der Waals surface area contributed by atoms with Crippen molar-refractivity contribution in [2.75, 3.05) is 17.4 Å². The average Bonchev–Trinajstić information content (AvgIpc) is 2.89. The van der Waals surface area contributed by atoms with Crippen LogP contribution in [0.5, 0.6) is 0 Å². The van der Waals surface area contributed by atoms with E-state index in [4.69, 9.17) is 0 Å². The highest BCUT2D eigenvalue weighted by Gasteiger charge is 2.32. The van der Waals surface area contributed by atoms with Crippen LogP contribution in [0.2, 0.25) is 0 Å². The quantitative estimate of drug-likeness (QED) is 0.365. The molecule has 3 aromatic rings. The van der Waals surface area contributed by atoms with Crippen molar-refractivity contribution in [3.63, 3.8) is 0 Å². The van der Waals surface area contributed by atoms with Crippen LogP contribution in [0.1, 0.15) is 43.0 Å². The molecule has 39 heavy (non-hydrogen) atoms. The molecule has 8 heteroatoms. The Morgan fingerprint density at radius 2 is 1.41 bits per heavy atom. The number of carbonyl (C=O) groups excluding carboxylic acids is 2. The number of benzene rings is 3. The topological polar surface area (TPSA) is 86.8 Å². The fourth-order valence-electron chi connectivity index (χ4n) is 4.27. The zero-order valence-corrected chi connectivity index (χ0v) is 24.5. The summed E-state index contributed by atoms with van der Waals surface area (Å²) in [4.78, 5) is 28.6. The number of carbonyl (C=O) groups is 2. The first-order chi connectivity index (χ1) is 18.4. The summed E-state index contributed by atoms with van der Waals surface area (Å²) in [6.07, 6.45) is 0. The number of anilines is 1. The van der Waals surface area contributed by atoms with E-state index in [1.165, 1.54) is 17.0 Å². The van der Waals surface area contributed by atoms with Crippen molar-refractivity contribution in [1.29, 1.82) is 0 Å². The molecule has 0 aliphatic heterocycles. The van der Waals surface area contributed by atoms with E-state index in [9.17, 15) is 18.0 Å². The van der Waals surface area contributed by atoms with Gasteiger partial charge in [0.05, 0.1) is 10.6 Å². The van der Waals surface area contributed by atoms with Crippen molar-refractivity contribution in [3.05, 3.63) is 95.1 Å². The van der Waals surface area contributed by atoms with E-state index in [0.717, 1.165) is 26.6 Å². The van der Waals surface area contributed by atoms with Crippen LogP contribution in [-0.4, -0.2) is 44.3 Å². The number of nitrogens with one attached hydrogen (secondary N) is 1. The molecule has 3 rings (SSSR count). The smallest absolute Gasteiger partial charge is 0.264 e. The highest BCUT2D eigenvalue weighted by molar-refractivity contribution is 7.92. The molecule has 0 fully saturated rings. The standard InChI is InChI=1S/C31H39N3O4S/c1-22(2)19-32-31(36)26(6)33(20-27-14-12-23(3)13-15-27)30(35)21-34(28-17-24(4)16-25(5)18-28)39(37,38)29-10-8-7-9-11-29/h7-18,22,26H,19-21H2,1-6H3,(H,32,36). The Kier molecular flexibility index (Phi) is 9.92. The number of sulfonamides is 1. The first-order valence-corrected chi connectivity index (χ1v) is 14.6. The molecule has 0 radical (unpaired) electrons. The van der Waals surface area contributed by atoms with Gasteiger partial charge in [0, 0.05) is 13.1 Å². The lowest BCUT2D eigenvalue weighted by molar-refractivity contribution is -0.139. The van der Waals surface area contributed by atoms with E-state index < -0.39 is 28.5 Å². The van der Waals surface area contributed by atoms with Crippen LogP contribution < -0.4 is 9.62 Å². The van der Waals surface area contributed by atoms with Crippen molar-refractivity contribution in [1.82, 2.24) is 10.2 Å². The molecule has 0 aliphatic carbocycles. The van der Waals surface area contributed by atoms with Crippen LogP contribution in [0.25, 0.3) is 0 Å².